The SMILES string of the molecule is OC(F)(F)C(O)(F)C(F)(F)F.OC(O)(F)F.OCCO. The summed E-state index contributed by atoms with van der Waals surface area (Å²) in [4.78, 5) is 0. The van der Waals surface area contributed by atoms with Crippen LogP contribution < -0.4 is 0 Å². The summed E-state index contributed by atoms with van der Waals surface area (Å²) in [5, 5.41) is 43.3. The highest BCUT2D eigenvalue weighted by Gasteiger charge is 2.71. The Hall–Kier alpha value is -0.800. The lowest BCUT2D eigenvalue weighted by atomic mass is 10.3. The summed E-state index contributed by atoms with van der Waals surface area (Å²) in [6, 6.07) is 0. The fraction of sp³-hybridized carbons (Fsp3) is 1.00. The molecule has 0 aromatic rings. The van der Waals surface area contributed by atoms with Crippen LogP contribution in [-0.2, 0) is 0 Å². The molecule has 6 N–H and O–H groups in total. The van der Waals surface area contributed by atoms with Gasteiger partial charge in [0.25, 0.3) is 0 Å². The van der Waals surface area contributed by atoms with E-state index in [4.69, 9.17) is 30.6 Å². The van der Waals surface area contributed by atoms with Crippen molar-refractivity contribution in [3.63, 3.8) is 0 Å². The highest BCUT2D eigenvalue weighted by atomic mass is 19.4. The van der Waals surface area contributed by atoms with E-state index < -0.39 is 24.4 Å². The fourth-order valence-corrected chi connectivity index (χ4v) is 0.171. The number of aliphatic hydroxyl groups is 6. The predicted octanol–water partition coefficient (Wildman–Crippen LogP) is -0.716. The topological polar surface area (TPSA) is 121 Å². The van der Waals surface area contributed by atoms with Crippen molar-refractivity contribution in [2.45, 2.75) is 24.4 Å². The van der Waals surface area contributed by atoms with Crippen molar-refractivity contribution in [2.75, 3.05) is 13.2 Å². The average Bonchev–Trinajstić information content (AvgIpc) is 2.12. The molecule has 20 heavy (non-hydrogen) atoms. The van der Waals surface area contributed by atoms with Gasteiger partial charge >= 0.3 is 24.4 Å². The van der Waals surface area contributed by atoms with Crippen LogP contribution in [0.3, 0.4) is 0 Å². The molecule has 0 heterocycles. The van der Waals surface area contributed by atoms with Gasteiger partial charge in [-0.2, -0.15) is 26.3 Å². The van der Waals surface area contributed by atoms with Gasteiger partial charge in [-0.15, -0.1) is 8.78 Å². The molecule has 14 heteroatoms. The first-order chi connectivity index (χ1) is 8.41. The third kappa shape index (κ3) is 13.6. The molecule has 6 nitrogen and oxygen atoms in total. The molecule has 0 saturated carbocycles. The van der Waals surface area contributed by atoms with Crippen LogP contribution in [0.25, 0.3) is 0 Å². The third-order valence-corrected chi connectivity index (χ3v) is 0.874. The van der Waals surface area contributed by atoms with E-state index >= 15 is 0 Å². The van der Waals surface area contributed by atoms with E-state index in [2.05, 4.69) is 0 Å². The second-order valence-electron chi connectivity index (χ2n) is 2.62. The molecule has 0 aliphatic carbocycles. The van der Waals surface area contributed by atoms with Crippen molar-refractivity contribution < 1.29 is 65.8 Å². The van der Waals surface area contributed by atoms with E-state index in [1.807, 2.05) is 0 Å². The van der Waals surface area contributed by atoms with Gasteiger partial charge in [0.05, 0.1) is 13.2 Å². The van der Waals surface area contributed by atoms with Gasteiger partial charge in [-0.3, -0.25) is 0 Å². The van der Waals surface area contributed by atoms with Crippen molar-refractivity contribution in [2.24, 2.45) is 0 Å². The number of hydrogen-bond donors (Lipinski definition) is 6. The quantitative estimate of drug-likeness (QED) is 0.294. The molecule has 0 radical (unpaired) electrons. The second kappa shape index (κ2) is 8.48. The Bertz CT molecular complexity index is 219. The molecule has 0 amide bonds. The molecular weight excluding hydrogens is 320 g/mol. The van der Waals surface area contributed by atoms with E-state index in [1.54, 1.807) is 0 Å². The van der Waals surface area contributed by atoms with Crippen LogP contribution in [0.4, 0.5) is 35.1 Å². The van der Waals surface area contributed by atoms with Crippen LogP contribution in [0, 0.1) is 0 Å². The molecule has 1 atom stereocenters. The monoisotopic (exact) mass is 330 g/mol. The predicted molar refractivity (Wildman–Crippen MR) is 42.8 cm³/mol. The smallest absolute Gasteiger partial charge is 0.394 e. The largest absolute Gasteiger partial charge is 0.480 e. The minimum atomic E-state index is -6.23. The van der Waals surface area contributed by atoms with Crippen LogP contribution in [0.2, 0.25) is 0 Å². The van der Waals surface area contributed by atoms with Crippen molar-refractivity contribution in [3.05, 3.63) is 0 Å². The molecule has 0 spiro atoms. The number of aliphatic hydroxyl groups excluding tert-OH is 2. The molecule has 0 saturated heterocycles. The standard InChI is InChI=1S/C3H2F6O2.C2H6O2.CH2F2O2/c4-1(10,2(5,6)7)3(8,9)11;3-1-2-4;2-1(3,4)5/h10-11H;3-4H,1-2H2;4-5H. The van der Waals surface area contributed by atoms with E-state index in [0.717, 1.165) is 0 Å². The van der Waals surface area contributed by atoms with Crippen LogP contribution in [0.15, 0.2) is 0 Å². The molecule has 0 aromatic carbocycles. The zero-order chi connectivity index (χ0) is 17.4. The van der Waals surface area contributed by atoms with Crippen LogP contribution in [0.1, 0.15) is 0 Å². The maximum absolute atomic E-state index is 11.5. The van der Waals surface area contributed by atoms with E-state index in [9.17, 15) is 35.1 Å². The minimum Gasteiger partial charge on any atom is -0.394 e. The summed E-state index contributed by atoms with van der Waals surface area (Å²) >= 11 is 0. The fourth-order valence-electron chi connectivity index (χ4n) is 0.171. The summed E-state index contributed by atoms with van der Waals surface area (Å²) in [7, 11) is 0. The Labute approximate surface area is 105 Å². The van der Waals surface area contributed by atoms with E-state index in [1.165, 1.54) is 0 Å². The summed E-state index contributed by atoms with van der Waals surface area (Å²) in [5.41, 5.74) is 0. The first-order valence-corrected chi connectivity index (χ1v) is 4.04. The molecule has 1 unspecified atom stereocenters. The molecule has 126 valence electrons. The molecule has 0 bridgehead atoms. The zero-order valence-electron chi connectivity index (χ0n) is 9.12. The molecule has 0 aromatic heterocycles. The highest BCUT2D eigenvalue weighted by Crippen LogP contribution is 2.41. The first kappa shape index (κ1) is 24.2. The Balaban J connectivity index is -0.000000266. The Kier molecular flexibility index (Phi) is 10.3. The van der Waals surface area contributed by atoms with E-state index in [-0.39, 0.29) is 13.2 Å². The van der Waals surface area contributed by atoms with Gasteiger partial charge in [0.2, 0.25) is 0 Å². The summed E-state index contributed by atoms with van der Waals surface area (Å²) in [5.74, 6) is -5.90. The lowest BCUT2D eigenvalue weighted by molar-refractivity contribution is -0.438. The second-order valence-corrected chi connectivity index (χ2v) is 2.62. The summed E-state index contributed by atoms with van der Waals surface area (Å²) in [6.45, 7) is -0.250. The summed E-state index contributed by atoms with van der Waals surface area (Å²) < 4.78 is 87.4. The van der Waals surface area contributed by atoms with Crippen molar-refractivity contribution >= 4 is 0 Å². The molecule has 0 aliphatic heterocycles. The molecule has 0 rings (SSSR count). The first-order valence-electron chi connectivity index (χ1n) is 4.04. The minimum absolute atomic E-state index is 0.125. The van der Waals surface area contributed by atoms with Gasteiger partial charge in [-0.05, 0) is 0 Å². The number of halogens is 8. The molecule has 0 fully saturated rings. The summed E-state index contributed by atoms with van der Waals surface area (Å²) in [6.07, 6.45) is -16.6. The van der Waals surface area contributed by atoms with Gasteiger partial charge in [-0.1, -0.05) is 0 Å². The van der Waals surface area contributed by atoms with Gasteiger partial charge in [0, 0.05) is 0 Å². The number of rotatable bonds is 2. The van der Waals surface area contributed by atoms with Crippen LogP contribution in [-0.4, -0.2) is 68.3 Å². The van der Waals surface area contributed by atoms with Crippen molar-refractivity contribution in [1.82, 2.24) is 0 Å². The van der Waals surface area contributed by atoms with E-state index in [0.29, 0.717) is 0 Å². The van der Waals surface area contributed by atoms with Gasteiger partial charge in [0.15, 0.2) is 0 Å². The maximum Gasteiger partial charge on any atom is 0.480 e. The lowest BCUT2D eigenvalue weighted by Gasteiger charge is -2.25. The average molecular weight is 330 g/mol. The highest BCUT2D eigenvalue weighted by molar-refractivity contribution is 4.82. The number of hydrogen-bond acceptors (Lipinski definition) is 6. The zero-order valence-corrected chi connectivity index (χ0v) is 9.12. The lowest BCUT2D eigenvalue weighted by Crippen LogP contribution is -2.55. The Morgan fingerprint density at radius 3 is 0.800 bits per heavy atom. The van der Waals surface area contributed by atoms with Crippen molar-refractivity contribution in [1.29, 1.82) is 0 Å². The molecule has 0 aliphatic rings. The van der Waals surface area contributed by atoms with Gasteiger partial charge in [0.1, 0.15) is 0 Å². The number of alkyl halides is 8. The maximum atomic E-state index is 11.5. The Morgan fingerprint density at radius 1 is 0.600 bits per heavy atom. The van der Waals surface area contributed by atoms with Crippen molar-refractivity contribution in [3.8, 4) is 0 Å². The van der Waals surface area contributed by atoms with Crippen LogP contribution in [0.5, 0.6) is 0 Å². The van der Waals surface area contributed by atoms with Gasteiger partial charge in [-0.25, -0.2) is 0 Å². The third-order valence-electron chi connectivity index (χ3n) is 0.874. The van der Waals surface area contributed by atoms with Crippen LogP contribution >= 0.6 is 0 Å². The molecular formula is C6H10F8O6. The van der Waals surface area contributed by atoms with Gasteiger partial charge < -0.3 is 30.6 Å². The normalized spacial score (nSPS) is 15.3. The Morgan fingerprint density at radius 2 is 0.800 bits per heavy atom.